The van der Waals surface area contributed by atoms with Gasteiger partial charge in [-0.25, -0.2) is 0 Å². The molecule has 0 fully saturated rings. The van der Waals surface area contributed by atoms with E-state index in [1.165, 1.54) is 0 Å². The van der Waals surface area contributed by atoms with E-state index in [-0.39, 0.29) is 6.04 Å². The van der Waals surface area contributed by atoms with E-state index in [9.17, 15) is 0 Å². The predicted molar refractivity (Wildman–Crippen MR) is 57.7 cm³/mol. The summed E-state index contributed by atoms with van der Waals surface area (Å²) in [5, 5.41) is 0. The Morgan fingerprint density at radius 2 is 2.29 bits per heavy atom. The molecule has 4 heteroatoms. The highest BCUT2D eigenvalue weighted by atomic mass is 16.5. The van der Waals surface area contributed by atoms with Crippen LogP contribution >= 0.6 is 0 Å². The molecule has 0 aliphatic rings. The van der Waals surface area contributed by atoms with Crippen LogP contribution in [0.1, 0.15) is 6.92 Å². The number of pyridine rings is 1. The highest BCUT2D eigenvalue weighted by Gasteiger charge is 2.05. The molecule has 4 nitrogen and oxygen atoms in total. The summed E-state index contributed by atoms with van der Waals surface area (Å²) < 4.78 is 5.04. The molecule has 0 radical (unpaired) electrons. The Balaban J connectivity index is 2.73. The predicted octanol–water partition coefficient (Wildman–Crippen LogP) is 0.874. The van der Waals surface area contributed by atoms with Crippen molar-refractivity contribution in [3.63, 3.8) is 0 Å². The summed E-state index contributed by atoms with van der Waals surface area (Å²) in [5.74, 6) is 1.50. The molecule has 0 aliphatic heterocycles. The molecule has 1 aromatic heterocycles. The van der Waals surface area contributed by atoms with Crippen molar-refractivity contribution in [1.82, 2.24) is 4.98 Å². The second-order valence-electron chi connectivity index (χ2n) is 3.40. The Labute approximate surface area is 84.7 Å². The van der Waals surface area contributed by atoms with Crippen LogP contribution in [0.5, 0.6) is 5.88 Å². The number of aromatic nitrogens is 1. The summed E-state index contributed by atoms with van der Waals surface area (Å²) in [6.07, 6.45) is 0. The van der Waals surface area contributed by atoms with Crippen molar-refractivity contribution in [3.05, 3.63) is 18.2 Å². The zero-order valence-electron chi connectivity index (χ0n) is 8.90. The van der Waals surface area contributed by atoms with Crippen molar-refractivity contribution in [2.24, 2.45) is 5.73 Å². The first-order chi connectivity index (χ1) is 6.63. The van der Waals surface area contributed by atoms with E-state index in [1.54, 1.807) is 7.11 Å². The summed E-state index contributed by atoms with van der Waals surface area (Å²) in [7, 11) is 3.57. The van der Waals surface area contributed by atoms with E-state index >= 15 is 0 Å². The molecule has 2 N–H and O–H groups in total. The highest BCUT2D eigenvalue weighted by Crippen LogP contribution is 2.13. The van der Waals surface area contributed by atoms with Crippen molar-refractivity contribution in [3.8, 4) is 5.88 Å². The lowest BCUT2D eigenvalue weighted by Gasteiger charge is -2.20. The number of nitrogens with two attached hydrogens (primary N) is 1. The molecule has 0 aliphatic carbocycles. The number of ether oxygens (including phenoxy) is 1. The van der Waals surface area contributed by atoms with Crippen LogP contribution in [0.4, 0.5) is 5.82 Å². The van der Waals surface area contributed by atoms with Gasteiger partial charge in [0.25, 0.3) is 0 Å². The van der Waals surface area contributed by atoms with E-state index in [2.05, 4.69) is 4.98 Å². The molecule has 1 rings (SSSR count). The van der Waals surface area contributed by atoms with E-state index in [4.69, 9.17) is 10.5 Å². The third-order valence-corrected chi connectivity index (χ3v) is 1.87. The summed E-state index contributed by atoms with van der Waals surface area (Å²) in [6, 6.07) is 5.81. The van der Waals surface area contributed by atoms with Crippen LogP contribution in [0.25, 0.3) is 0 Å². The lowest BCUT2D eigenvalue weighted by atomic mass is 10.3. The van der Waals surface area contributed by atoms with Crippen molar-refractivity contribution in [1.29, 1.82) is 0 Å². The first kappa shape index (κ1) is 10.8. The lowest BCUT2D eigenvalue weighted by Crippen LogP contribution is -2.33. The fraction of sp³-hybridized carbons (Fsp3) is 0.500. The van der Waals surface area contributed by atoms with Gasteiger partial charge in [0.2, 0.25) is 5.88 Å². The first-order valence-electron chi connectivity index (χ1n) is 4.61. The third-order valence-electron chi connectivity index (χ3n) is 1.87. The molecular formula is C10H17N3O. The molecular weight excluding hydrogens is 178 g/mol. The monoisotopic (exact) mass is 195 g/mol. The summed E-state index contributed by atoms with van der Waals surface area (Å²) in [6.45, 7) is 2.75. The molecule has 14 heavy (non-hydrogen) atoms. The van der Waals surface area contributed by atoms with Gasteiger partial charge in [-0.2, -0.15) is 4.98 Å². The van der Waals surface area contributed by atoms with E-state index in [0.717, 1.165) is 12.4 Å². The second-order valence-corrected chi connectivity index (χ2v) is 3.40. The molecule has 78 valence electrons. The van der Waals surface area contributed by atoms with Gasteiger partial charge in [0, 0.05) is 25.7 Å². The fourth-order valence-corrected chi connectivity index (χ4v) is 1.26. The Hall–Kier alpha value is -1.29. The van der Waals surface area contributed by atoms with Crippen LogP contribution in [-0.4, -0.2) is 31.7 Å². The lowest BCUT2D eigenvalue weighted by molar-refractivity contribution is 0.398. The minimum absolute atomic E-state index is 0.132. The Morgan fingerprint density at radius 3 is 2.86 bits per heavy atom. The van der Waals surface area contributed by atoms with Crippen LogP contribution in [0.15, 0.2) is 18.2 Å². The van der Waals surface area contributed by atoms with Crippen LogP contribution in [0.3, 0.4) is 0 Å². The number of methoxy groups -OCH3 is 1. The summed E-state index contributed by atoms with van der Waals surface area (Å²) >= 11 is 0. The molecule has 0 amide bonds. The van der Waals surface area contributed by atoms with Gasteiger partial charge in [-0.05, 0) is 13.0 Å². The third kappa shape index (κ3) is 2.88. The second kappa shape index (κ2) is 4.81. The van der Waals surface area contributed by atoms with Crippen molar-refractivity contribution < 1.29 is 4.74 Å². The Bertz CT molecular complexity index is 288. The van der Waals surface area contributed by atoms with Crippen molar-refractivity contribution >= 4 is 5.82 Å². The van der Waals surface area contributed by atoms with E-state index in [0.29, 0.717) is 5.88 Å². The molecule has 0 saturated carbocycles. The molecule has 0 spiro atoms. The van der Waals surface area contributed by atoms with Gasteiger partial charge < -0.3 is 15.4 Å². The molecule has 1 unspecified atom stereocenters. The first-order valence-corrected chi connectivity index (χ1v) is 4.61. The standard InChI is InChI=1S/C10H17N3O/c1-8(11)7-13(2)9-5-4-6-10(12-9)14-3/h4-6,8H,7,11H2,1-3H3. The van der Waals surface area contributed by atoms with Gasteiger partial charge in [0.05, 0.1) is 7.11 Å². The van der Waals surface area contributed by atoms with Gasteiger partial charge in [0.1, 0.15) is 5.82 Å². The average molecular weight is 195 g/mol. The van der Waals surface area contributed by atoms with Crippen LogP contribution in [0, 0.1) is 0 Å². The van der Waals surface area contributed by atoms with Crippen LogP contribution in [-0.2, 0) is 0 Å². The molecule has 1 heterocycles. The number of hydrogen-bond acceptors (Lipinski definition) is 4. The highest BCUT2D eigenvalue weighted by molar-refractivity contribution is 5.39. The van der Waals surface area contributed by atoms with E-state index < -0.39 is 0 Å². The number of rotatable bonds is 4. The van der Waals surface area contributed by atoms with Gasteiger partial charge in [0.15, 0.2) is 0 Å². The fourth-order valence-electron chi connectivity index (χ4n) is 1.26. The largest absolute Gasteiger partial charge is 0.481 e. The summed E-state index contributed by atoms with van der Waals surface area (Å²) in [4.78, 5) is 6.30. The number of nitrogens with zero attached hydrogens (tertiary/aromatic N) is 2. The zero-order valence-corrected chi connectivity index (χ0v) is 8.90. The number of anilines is 1. The topological polar surface area (TPSA) is 51.4 Å². The van der Waals surface area contributed by atoms with Crippen molar-refractivity contribution in [2.75, 3.05) is 25.6 Å². The Morgan fingerprint density at radius 1 is 1.57 bits per heavy atom. The van der Waals surface area contributed by atoms with Gasteiger partial charge in [-0.3, -0.25) is 0 Å². The maximum absolute atomic E-state index is 5.70. The Kier molecular flexibility index (Phi) is 3.71. The molecule has 1 atom stereocenters. The van der Waals surface area contributed by atoms with Gasteiger partial charge in [-0.1, -0.05) is 6.07 Å². The van der Waals surface area contributed by atoms with Gasteiger partial charge >= 0.3 is 0 Å². The molecule has 1 aromatic rings. The zero-order chi connectivity index (χ0) is 10.6. The molecule has 0 aromatic carbocycles. The van der Waals surface area contributed by atoms with Crippen molar-refractivity contribution in [2.45, 2.75) is 13.0 Å². The molecule has 0 bridgehead atoms. The maximum Gasteiger partial charge on any atom is 0.214 e. The maximum atomic E-state index is 5.70. The van der Waals surface area contributed by atoms with Gasteiger partial charge in [-0.15, -0.1) is 0 Å². The number of likely N-dealkylation sites (N-methyl/N-ethyl adjacent to an activating group) is 1. The minimum Gasteiger partial charge on any atom is -0.481 e. The average Bonchev–Trinajstić information content (AvgIpc) is 2.17. The quantitative estimate of drug-likeness (QED) is 0.774. The van der Waals surface area contributed by atoms with Crippen LogP contribution in [0.2, 0.25) is 0 Å². The molecule has 0 saturated heterocycles. The SMILES string of the molecule is COc1cccc(N(C)CC(C)N)n1. The van der Waals surface area contributed by atoms with Crippen LogP contribution < -0.4 is 15.4 Å². The number of hydrogen-bond donors (Lipinski definition) is 1. The smallest absolute Gasteiger partial charge is 0.214 e. The van der Waals surface area contributed by atoms with E-state index in [1.807, 2.05) is 37.1 Å². The summed E-state index contributed by atoms with van der Waals surface area (Å²) in [5.41, 5.74) is 5.70. The minimum atomic E-state index is 0.132. The normalized spacial score (nSPS) is 12.3.